The van der Waals surface area contributed by atoms with Crippen molar-refractivity contribution in [3.63, 3.8) is 0 Å². The number of nitrogen functional groups attached to an aromatic ring is 2. The summed E-state index contributed by atoms with van der Waals surface area (Å²) < 4.78 is 1.17. The van der Waals surface area contributed by atoms with Gasteiger partial charge in [-0.1, -0.05) is 16.9 Å². The van der Waals surface area contributed by atoms with Gasteiger partial charge in [-0.05, 0) is 22.1 Å². The number of nitrogens with two attached hydrogens (primary N) is 2. The highest BCUT2D eigenvalue weighted by atomic mass is 32.2. The van der Waals surface area contributed by atoms with Gasteiger partial charge in [0.05, 0.1) is 5.69 Å². The number of oxime groups is 1. The number of nitrogens with one attached hydrogen (secondary N) is 1. The number of thiazole rings is 1. The summed E-state index contributed by atoms with van der Waals surface area (Å²) >= 11 is 3.56. The molecule has 0 bridgehead atoms. The molecule has 3 aromatic heterocycles. The number of carboxylic acids is 1. The van der Waals surface area contributed by atoms with Crippen molar-refractivity contribution < 1.29 is 24.7 Å². The molecule has 16 nitrogen and oxygen atoms in total. The van der Waals surface area contributed by atoms with Gasteiger partial charge < -0.3 is 27.1 Å². The van der Waals surface area contributed by atoms with Crippen LogP contribution in [0.1, 0.15) is 5.69 Å². The molecule has 1 saturated heterocycles. The Balaban J connectivity index is 1.31. The molecule has 2 amide bonds. The summed E-state index contributed by atoms with van der Waals surface area (Å²) in [5, 5.41) is 41.2. The molecular weight excluding hydrogens is 534 g/mol. The summed E-state index contributed by atoms with van der Waals surface area (Å²) in [5.74, 6) is -2.21. The number of tetrazole rings is 1. The Bertz CT molecular complexity index is 1470. The van der Waals surface area contributed by atoms with Crippen LogP contribution in [0.15, 0.2) is 32.9 Å². The Kier molecular flexibility index (Phi) is 6.10. The van der Waals surface area contributed by atoms with E-state index in [0.29, 0.717) is 27.7 Å². The van der Waals surface area contributed by atoms with E-state index in [1.54, 1.807) is 6.07 Å². The first kappa shape index (κ1) is 23.8. The van der Waals surface area contributed by atoms with Gasteiger partial charge in [0.2, 0.25) is 5.65 Å². The number of carbonyl (C=O) groups excluding carboxylic acids is 2. The van der Waals surface area contributed by atoms with Crippen molar-refractivity contribution >= 4 is 74.8 Å². The van der Waals surface area contributed by atoms with Gasteiger partial charge in [-0.15, -0.1) is 37.9 Å². The summed E-state index contributed by atoms with van der Waals surface area (Å²) in [5.41, 5.74) is 12.1. The zero-order chi connectivity index (χ0) is 25.6. The van der Waals surface area contributed by atoms with Gasteiger partial charge in [-0.2, -0.15) is 0 Å². The fourth-order valence-electron chi connectivity index (χ4n) is 3.59. The number of hydrogen-bond donors (Lipinski definition) is 5. The van der Waals surface area contributed by atoms with E-state index in [4.69, 9.17) is 11.5 Å². The third-order valence-electron chi connectivity index (χ3n) is 5.19. The van der Waals surface area contributed by atoms with Gasteiger partial charge in [0.1, 0.15) is 27.8 Å². The summed E-state index contributed by atoms with van der Waals surface area (Å²) in [6.45, 7) is 0. The van der Waals surface area contributed by atoms with Gasteiger partial charge in [0.25, 0.3) is 11.8 Å². The van der Waals surface area contributed by atoms with Gasteiger partial charge >= 0.3 is 5.97 Å². The largest absolute Gasteiger partial charge is 0.477 e. The molecule has 0 saturated carbocycles. The number of fused-ring (bicyclic) bond motifs is 2. The minimum atomic E-state index is -1.27. The molecule has 5 heterocycles. The van der Waals surface area contributed by atoms with E-state index in [2.05, 4.69) is 36.1 Å². The molecule has 0 radical (unpaired) electrons. The Hall–Kier alpha value is -3.97. The van der Waals surface area contributed by atoms with Crippen LogP contribution in [0, 0.1) is 0 Å². The van der Waals surface area contributed by atoms with Gasteiger partial charge in [-0.25, -0.2) is 9.78 Å². The van der Waals surface area contributed by atoms with E-state index in [1.807, 2.05) is 0 Å². The number of hydrogen-bond acceptors (Lipinski definition) is 15. The van der Waals surface area contributed by atoms with Gasteiger partial charge in [0, 0.05) is 16.9 Å². The summed E-state index contributed by atoms with van der Waals surface area (Å²) in [4.78, 5) is 42.6. The van der Waals surface area contributed by atoms with Crippen LogP contribution in [0.25, 0.3) is 5.65 Å². The van der Waals surface area contributed by atoms with Crippen LogP contribution in [0.4, 0.5) is 10.8 Å². The average molecular weight is 550 g/mol. The molecule has 7 N–H and O–H groups in total. The fourth-order valence-corrected chi connectivity index (χ4v) is 6.52. The first-order valence-electron chi connectivity index (χ1n) is 9.90. The Morgan fingerprint density at radius 1 is 1.36 bits per heavy atom. The van der Waals surface area contributed by atoms with Crippen molar-refractivity contribution in [2.75, 3.05) is 23.0 Å². The normalized spacial score (nSPS) is 19.8. The lowest BCUT2D eigenvalue weighted by molar-refractivity contribution is -0.150. The first-order valence-corrected chi connectivity index (χ1v) is 12.8. The second-order valence-electron chi connectivity index (χ2n) is 7.36. The van der Waals surface area contributed by atoms with E-state index >= 15 is 0 Å². The second kappa shape index (κ2) is 9.24. The molecule has 1 fully saturated rings. The molecular formula is C17H15N11O5S3. The van der Waals surface area contributed by atoms with Crippen molar-refractivity contribution in [3.05, 3.63) is 28.4 Å². The van der Waals surface area contributed by atoms with E-state index in [1.165, 1.54) is 33.5 Å². The van der Waals surface area contributed by atoms with Crippen LogP contribution >= 0.6 is 34.9 Å². The molecule has 36 heavy (non-hydrogen) atoms. The number of rotatable bonds is 7. The predicted octanol–water partition coefficient (Wildman–Crippen LogP) is -1.15. The lowest BCUT2D eigenvalue weighted by Crippen LogP contribution is -2.71. The van der Waals surface area contributed by atoms with Crippen molar-refractivity contribution in [1.82, 2.24) is 40.5 Å². The lowest BCUT2D eigenvalue weighted by Gasteiger charge is -2.49. The van der Waals surface area contributed by atoms with Crippen LogP contribution < -0.4 is 16.8 Å². The zero-order valence-electron chi connectivity index (χ0n) is 17.8. The third-order valence-corrected chi connectivity index (χ3v) is 8.20. The standard InChI is InChI=1S/C17H15N11O5S3/c18-6-1-8(23-28-12(6)22-25-26-28)34-2-5-3-35-15-10(14(30)27(15)11(5)16(31)32)21-13(29)9(24-33)7-4-36-17(19)20-7/h1,4,10,15,33H,2-3,18H2,(H2,19,20)(H,21,29)(H,31,32)/t10?,15-/m0/s1. The molecule has 2 aliphatic rings. The number of amides is 2. The molecule has 5 rings (SSSR count). The minimum absolute atomic E-state index is 0.0527. The number of anilines is 2. The number of nitrogens with zero attached hydrogens (tertiary/aromatic N) is 8. The van der Waals surface area contributed by atoms with E-state index in [9.17, 15) is 24.7 Å². The summed E-state index contributed by atoms with van der Waals surface area (Å²) in [6.07, 6.45) is 0. The fraction of sp³-hybridized carbons (Fsp3) is 0.235. The van der Waals surface area contributed by atoms with E-state index in [0.717, 1.165) is 16.2 Å². The molecule has 1 unspecified atom stereocenters. The molecule has 2 atom stereocenters. The van der Waals surface area contributed by atoms with E-state index < -0.39 is 34.9 Å². The van der Waals surface area contributed by atoms with Crippen molar-refractivity contribution in [2.45, 2.75) is 16.4 Å². The smallest absolute Gasteiger partial charge is 0.352 e. The molecule has 186 valence electrons. The Labute approximate surface area is 212 Å². The SMILES string of the molecule is Nc1nc(C(=NO)C(=O)NC2C(=O)N3C(C(=O)O)=C(CSc4cc(N)c5nnnn5n4)CS[C@@H]23)cs1. The first-order chi connectivity index (χ1) is 17.3. The van der Waals surface area contributed by atoms with Crippen LogP contribution in [0.2, 0.25) is 0 Å². The molecule has 2 aliphatic heterocycles. The summed E-state index contributed by atoms with van der Waals surface area (Å²) in [6, 6.07) is 0.565. The highest BCUT2D eigenvalue weighted by Crippen LogP contribution is 2.41. The molecule has 19 heteroatoms. The van der Waals surface area contributed by atoms with Gasteiger partial charge in [-0.3, -0.25) is 14.5 Å². The van der Waals surface area contributed by atoms with Crippen molar-refractivity contribution in [2.24, 2.45) is 5.16 Å². The second-order valence-corrected chi connectivity index (χ2v) is 10.3. The molecule has 0 aromatic carbocycles. The maximum absolute atomic E-state index is 12.9. The maximum atomic E-state index is 12.9. The summed E-state index contributed by atoms with van der Waals surface area (Å²) in [7, 11) is 0. The predicted molar refractivity (Wildman–Crippen MR) is 128 cm³/mol. The Morgan fingerprint density at radius 2 is 2.17 bits per heavy atom. The van der Waals surface area contributed by atoms with Crippen molar-refractivity contribution in [3.8, 4) is 0 Å². The number of carbonyl (C=O) groups is 3. The van der Waals surface area contributed by atoms with Gasteiger partial charge in [0.15, 0.2) is 10.8 Å². The lowest BCUT2D eigenvalue weighted by atomic mass is 10.0. The van der Waals surface area contributed by atoms with Crippen LogP contribution in [0.3, 0.4) is 0 Å². The van der Waals surface area contributed by atoms with Crippen LogP contribution in [-0.4, -0.2) is 91.9 Å². The number of β-lactam (4-membered cyclic amide) rings is 1. The zero-order valence-corrected chi connectivity index (χ0v) is 20.2. The Morgan fingerprint density at radius 3 is 2.86 bits per heavy atom. The number of thioether (sulfide) groups is 2. The molecule has 0 spiro atoms. The number of aliphatic carboxylic acids is 1. The quantitative estimate of drug-likeness (QED) is 0.0768. The number of carboxylic acid groups (broad SMARTS) is 1. The topological polar surface area (TPSA) is 240 Å². The average Bonchev–Trinajstić information content (AvgIpc) is 3.50. The maximum Gasteiger partial charge on any atom is 0.352 e. The third kappa shape index (κ3) is 4.05. The highest BCUT2D eigenvalue weighted by molar-refractivity contribution is 8.01. The van der Waals surface area contributed by atoms with Crippen LogP contribution in [0.5, 0.6) is 0 Å². The monoisotopic (exact) mass is 549 g/mol. The van der Waals surface area contributed by atoms with E-state index in [-0.39, 0.29) is 22.3 Å². The molecule has 3 aromatic rings. The molecule has 0 aliphatic carbocycles. The van der Waals surface area contributed by atoms with Crippen LogP contribution in [-0.2, 0) is 14.4 Å². The minimum Gasteiger partial charge on any atom is -0.477 e. The van der Waals surface area contributed by atoms with Crippen molar-refractivity contribution in [1.29, 1.82) is 0 Å². The number of aromatic nitrogens is 6. The highest BCUT2D eigenvalue weighted by Gasteiger charge is 2.54.